The highest BCUT2D eigenvalue weighted by atomic mass is 16.4. The zero-order chi connectivity index (χ0) is 16.0. The van der Waals surface area contributed by atoms with Gasteiger partial charge in [-0.2, -0.15) is 0 Å². The summed E-state index contributed by atoms with van der Waals surface area (Å²) in [6.45, 7) is -0.537. The van der Waals surface area contributed by atoms with Gasteiger partial charge < -0.3 is 26.0 Å². The van der Waals surface area contributed by atoms with Gasteiger partial charge in [0.2, 0.25) is 5.91 Å². The summed E-state index contributed by atoms with van der Waals surface area (Å²) in [5.74, 6) is -1.93. The van der Waals surface area contributed by atoms with Crippen molar-refractivity contribution in [3.05, 3.63) is 0 Å². The normalized spacial score (nSPS) is 16.7. The molecular weight excluding hydrogens is 276 g/mol. The van der Waals surface area contributed by atoms with E-state index in [-0.39, 0.29) is 5.54 Å². The third-order valence-electron chi connectivity index (χ3n) is 4.01. The van der Waals surface area contributed by atoms with Crippen LogP contribution in [0.2, 0.25) is 0 Å². The molecule has 8 heteroatoms. The average molecular weight is 300 g/mol. The lowest BCUT2D eigenvalue weighted by Gasteiger charge is -2.37. The van der Waals surface area contributed by atoms with Gasteiger partial charge >= 0.3 is 12.0 Å². The average Bonchev–Trinajstić information content (AvgIpc) is 2.84. The Bertz CT molecular complexity index is 389. The van der Waals surface area contributed by atoms with Crippen LogP contribution in [0, 0.1) is 0 Å². The standard InChI is InChI=1S/C13H24N4O4/c1-16(2)13(5-3-4-6-13)9-15-12(21)17(7-10(14)18)8-11(19)20/h3-9H2,1-2H3,(H2,14,18)(H,15,21)(H,19,20). The van der Waals surface area contributed by atoms with Gasteiger partial charge in [-0.25, -0.2) is 4.79 Å². The molecule has 0 aromatic rings. The molecule has 0 bridgehead atoms. The number of primary amides is 1. The van der Waals surface area contributed by atoms with Crippen LogP contribution in [0.15, 0.2) is 0 Å². The quantitative estimate of drug-likeness (QED) is 0.583. The fourth-order valence-corrected chi connectivity index (χ4v) is 2.72. The lowest BCUT2D eigenvalue weighted by Crippen LogP contribution is -2.54. The first-order chi connectivity index (χ1) is 9.77. The highest BCUT2D eigenvalue weighted by Crippen LogP contribution is 2.33. The maximum Gasteiger partial charge on any atom is 0.323 e. The van der Waals surface area contributed by atoms with E-state index >= 15 is 0 Å². The van der Waals surface area contributed by atoms with Crippen molar-refractivity contribution in [3.63, 3.8) is 0 Å². The molecule has 3 amide bonds. The van der Waals surface area contributed by atoms with Crippen LogP contribution in [0.1, 0.15) is 25.7 Å². The molecule has 0 saturated heterocycles. The van der Waals surface area contributed by atoms with Crippen LogP contribution >= 0.6 is 0 Å². The third-order valence-corrected chi connectivity index (χ3v) is 4.01. The fourth-order valence-electron chi connectivity index (χ4n) is 2.72. The molecule has 0 radical (unpaired) electrons. The molecule has 1 fully saturated rings. The number of urea groups is 1. The second kappa shape index (κ2) is 7.26. The van der Waals surface area contributed by atoms with E-state index in [1.165, 1.54) is 0 Å². The van der Waals surface area contributed by atoms with Gasteiger partial charge in [0.05, 0.1) is 0 Å². The summed E-state index contributed by atoms with van der Waals surface area (Å²) in [5, 5.41) is 11.5. The predicted molar refractivity (Wildman–Crippen MR) is 76.7 cm³/mol. The number of nitrogens with one attached hydrogen (secondary N) is 1. The largest absolute Gasteiger partial charge is 0.480 e. The van der Waals surface area contributed by atoms with E-state index in [0.717, 1.165) is 30.6 Å². The molecule has 0 aromatic carbocycles. The second-order valence-corrected chi connectivity index (χ2v) is 5.70. The van der Waals surface area contributed by atoms with Gasteiger partial charge in [-0.15, -0.1) is 0 Å². The molecule has 0 spiro atoms. The molecule has 1 saturated carbocycles. The number of carbonyl (C=O) groups is 3. The van der Waals surface area contributed by atoms with E-state index in [4.69, 9.17) is 10.8 Å². The molecule has 1 rings (SSSR count). The Labute approximate surface area is 124 Å². The van der Waals surface area contributed by atoms with Crippen LogP contribution in [0.3, 0.4) is 0 Å². The van der Waals surface area contributed by atoms with Gasteiger partial charge in [0.1, 0.15) is 13.1 Å². The Kier molecular flexibility index (Phi) is 5.95. The van der Waals surface area contributed by atoms with Crippen molar-refractivity contribution in [2.45, 2.75) is 31.2 Å². The Hall–Kier alpha value is -1.83. The minimum absolute atomic E-state index is 0.0999. The van der Waals surface area contributed by atoms with E-state index in [0.29, 0.717) is 6.54 Å². The zero-order valence-electron chi connectivity index (χ0n) is 12.6. The van der Waals surface area contributed by atoms with E-state index in [1.54, 1.807) is 0 Å². The molecule has 1 aliphatic rings. The molecule has 120 valence electrons. The maximum absolute atomic E-state index is 12.1. The molecule has 0 aliphatic heterocycles. The number of hydrogen-bond donors (Lipinski definition) is 3. The molecule has 21 heavy (non-hydrogen) atoms. The summed E-state index contributed by atoms with van der Waals surface area (Å²) >= 11 is 0. The fraction of sp³-hybridized carbons (Fsp3) is 0.769. The van der Waals surface area contributed by atoms with Crippen LogP contribution < -0.4 is 11.1 Å². The monoisotopic (exact) mass is 300 g/mol. The first-order valence-electron chi connectivity index (χ1n) is 6.97. The molecule has 8 nitrogen and oxygen atoms in total. The molecule has 4 N–H and O–H groups in total. The Morgan fingerprint density at radius 2 is 1.76 bits per heavy atom. The van der Waals surface area contributed by atoms with Crippen LogP contribution in [-0.4, -0.2) is 72.1 Å². The summed E-state index contributed by atoms with van der Waals surface area (Å²) in [7, 11) is 3.94. The van der Waals surface area contributed by atoms with Crippen molar-refractivity contribution in [2.24, 2.45) is 5.73 Å². The smallest absolute Gasteiger partial charge is 0.323 e. The van der Waals surface area contributed by atoms with E-state index in [9.17, 15) is 14.4 Å². The number of carbonyl (C=O) groups excluding carboxylic acids is 2. The first kappa shape index (κ1) is 17.2. The van der Waals surface area contributed by atoms with Gasteiger partial charge in [0.25, 0.3) is 0 Å². The molecule has 0 aromatic heterocycles. The van der Waals surface area contributed by atoms with Crippen LogP contribution in [-0.2, 0) is 9.59 Å². The summed E-state index contributed by atoms with van der Waals surface area (Å²) in [6, 6.07) is -0.579. The van der Waals surface area contributed by atoms with Crippen molar-refractivity contribution in [2.75, 3.05) is 33.7 Å². The first-order valence-corrected chi connectivity index (χ1v) is 6.97. The minimum Gasteiger partial charge on any atom is -0.480 e. The number of carboxylic acids is 1. The number of nitrogens with two attached hydrogens (primary N) is 1. The molecule has 0 unspecified atom stereocenters. The Balaban J connectivity index is 2.63. The highest BCUT2D eigenvalue weighted by Gasteiger charge is 2.36. The topological polar surface area (TPSA) is 116 Å². The van der Waals surface area contributed by atoms with Gasteiger partial charge in [0, 0.05) is 12.1 Å². The molecular formula is C13H24N4O4. The van der Waals surface area contributed by atoms with Crippen molar-refractivity contribution < 1.29 is 19.5 Å². The van der Waals surface area contributed by atoms with Crippen molar-refractivity contribution in [3.8, 4) is 0 Å². The van der Waals surface area contributed by atoms with Gasteiger partial charge in [-0.05, 0) is 26.9 Å². The van der Waals surface area contributed by atoms with E-state index in [2.05, 4.69) is 10.2 Å². The molecule has 1 aliphatic carbocycles. The van der Waals surface area contributed by atoms with E-state index < -0.39 is 31.0 Å². The maximum atomic E-state index is 12.1. The van der Waals surface area contributed by atoms with Gasteiger partial charge in [-0.3, -0.25) is 9.59 Å². The number of carboxylic acid groups (broad SMARTS) is 1. The summed E-state index contributed by atoms with van der Waals surface area (Å²) < 4.78 is 0. The Morgan fingerprint density at radius 1 is 1.19 bits per heavy atom. The number of aliphatic carboxylic acids is 1. The summed E-state index contributed by atoms with van der Waals surface area (Å²) in [4.78, 5) is 36.7. The third kappa shape index (κ3) is 4.89. The summed E-state index contributed by atoms with van der Waals surface area (Å²) in [5.41, 5.74) is 4.94. The van der Waals surface area contributed by atoms with Crippen LogP contribution in [0.25, 0.3) is 0 Å². The number of nitrogens with zero attached hydrogens (tertiary/aromatic N) is 2. The predicted octanol–water partition coefficient (Wildman–Crippen LogP) is -0.558. The SMILES string of the molecule is CN(C)C1(CNC(=O)N(CC(N)=O)CC(=O)O)CCCC1. The lowest BCUT2D eigenvalue weighted by atomic mass is 9.96. The number of likely N-dealkylation sites (N-methyl/N-ethyl adjacent to an activating group) is 1. The lowest BCUT2D eigenvalue weighted by molar-refractivity contribution is -0.137. The van der Waals surface area contributed by atoms with Crippen molar-refractivity contribution in [1.82, 2.24) is 15.1 Å². The number of rotatable bonds is 7. The Morgan fingerprint density at radius 3 is 2.19 bits per heavy atom. The molecule has 0 atom stereocenters. The van der Waals surface area contributed by atoms with Gasteiger partial charge in [-0.1, -0.05) is 12.8 Å². The number of amides is 3. The number of hydrogen-bond acceptors (Lipinski definition) is 4. The summed E-state index contributed by atoms with van der Waals surface area (Å²) in [6.07, 6.45) is 4.17. The molecule has 0 heterocycles. The zero-order valence-corrected chi connectivity index (χ0v) is 12.6. The second-order valence-electron chi connectivity index (χ2n) is 5.70. The van der Waals surface area contributed by atoms with Crippen LogP contribution in [0.5, 0.6) is 0 Å². The van der Waals surface area contributed by atoms with E-state index in [1.807, 2.05) is 14.1 Å². The highest BCUT2D eigenvalue weighted by molar-refractivity contribution is 5.85. The van der Waals surface area contributed by atoms with Gasteiger partial charge in [0.15, 0.2) is 0 Å². The minimum atomic E-state index is -1.19. The van der Waals surface area contributed by atoms with Crippen molar-refractivity contribution in [1.29, 1.82) is 0 Å². The van der Waals surface area contributed by atoms with Crippen LogP contribution in [0.4, 0.5) is 4.79 Å². The van der Waals surface area contributed by atoms with Crippen molar-refractivity contribution >= 4 is 17.9 Å².